The summed E-state index contributed by atoms with van der Waals surface area (Å²) < 4.78 is 0. The fourth-order valence-corrected chi connectivity index (χ4v) is 0.107. The van der Waals surface area contributed by atoms with Crippen LogP contribution in [0.1, 0.15) is 0 Å². The van der Waals surface area contributed by atoms with Crippen LogP contribution in [-0.4, -0.2) is 73.5 Å². The van der Waals surface area contributed by atoms with Gasteiger partial charge in [-0.05, 0) is 0 Å². The molecule has 0 atom stereocenters. The fraction of sp³-hybridized carbons (Fsp3) is 0. The quantitative estimate of drug-likeness (QED) is 0.338. The summed E-state index contributed by atoms with van der Waals surface area (Å²) in [7, 11) is 0. The Kier molecular flexibility index (Phi) is 8.26. The molecule has 0 bridgehead atoms. The molecule has 0 aromatic carbocycles. The maximum absolute atomic E-state index is 9.47. The molecule has 0 unspecified atom stereocenters. The van der Waals surface area contributed by atoms with Gasteiger partial charge in [0.1, 0.15) is 0 Å². The van der Waals surface area contributed by atoms with Crippen LogP contribution in [0.15, 0.2) is 0 Å². The number of aliphatic carboxylic acids is 2. The Bertz CT molecular complexity index is 157. The smallest absolute Gasteiger partial charge is 0.382 e. The minimum absolute atomic E-state index is 0. The Labute approximate surface area is 93.7 Å². The third kappa shape index (κ3) is 11.6. The second kappa shape index (κ2) is 6.26. The van der Waals surface area contributed by atoms with Crippen LogP contribution in [0.4, 0.5) is 0 Å². The first-order valence-electron chi connectivity index (χ1n) is 1.61. The van der Waals surface area contributed by atoms with Crippen molar-refractivity contribution in [1.29, 1.82) is 0 Å². The molecule has 0 aromatic heterocycles. The zero-order valence-electron chi connectivity index (χ0n) is 4.71. The van der Waals surface area contributed by atoms with Crippen molar-refractivity contribution >= 4 is 63.3 Å². The van der Waals surface area contributed by atoms with E-state index >= 15 is 0 Å². The van der Waals surface area contributed by atoms with Crippen molar-refractivity contribution in [2.45, 2.75) is 0 Å². The summed E-state index contributed by atoms with van der Waals surface area (Å²) >= 11 is 0. The summed E-state index contributed by atoms with van der Waals surface area (Å²) in [5, 5.41) is 15.5. The van der Waals surface area contributed by atoms with Crippen LogP contribution in [-0.2, 0) is 9.59 Å². The van der Waals surface area contributed by atoms with E-state index in [1.165, 1.54) is 11.8 Å². The number of carbonyl (C=O) groups is 2. The Morgan fingerprint density at radius 2 is 1.22 bits per heavy atom. The summed E-state index contributed by atoms with van der Waals surface area (Å²) in [6, 6.07) is 0. The van der Waals surface area contributed by atoms with Gasteiger partial charge in [0.15, 0.2) is 0 Å². The van der Waals surface area contributed by atoms with E-state index < -0.39 is 11.9 Å². The van der Waals surface area contributed by atoms with Gasteiger partial charge in [0, 0.05) is 63.2 Å². The molecular weight excluding hydrogens is 151 g/mol. The predicted octanol–water partition coefficient (Wildman–Crippen LogP) is -1.22. The molecule has 43 valence electrons. The molecule has 0 aromatic rings. The van der Waals surface area contributed by atoms with Gasteiger partial charge in [-0.1, -0.05) is 0 Å². The molecule has 0 aliphatic rings. The van der Waals surface area contributed by atoms with Gasteiger partial charge in [-0.25, -0.2) is 9.59 Å². The second-order valence-electron chi connectivity index (χ2n) is 0.860. The molecule has 0 aliphatic carbocycles. The normalized spacial score (nSPS) is 5.78. The topological polar surface area (TPSA) is 74.6 Å². The molecule has 0 amide bonds. The third-order valence-corrected chi connectivity index (χ3v) is 0.276. The molecule has 0 spiro atoms. The zero-order chi connectivity index (χ0) is 6.57. The molecule has 0 heterocycles. The van der Waals surface area contributed by atoms with Crippen LogP contribution in [0, 0.1) is 11.8 Å². The minimum atomic E-state index is -1.44. The number of carboxylic acid groups (broad SMARTS) is 2. The van der Waals surface area contributed by atoms with Gasteiger partial charge >= 0.3 is 11.9 Å². The molecule has 0 saturated carbocycles. The standard InChI is InChI=1S/C4H2O4.K/c5-3(6)1-2-4(7)8;/h(H,5,6)(H,7,8);. The van der Waals surface area contributed by atoms with Gasteiger partial charge in [-0.15, -0.1) is 0 Å². The average Bonchev–Trinajstić information content (AvgIpc) is 1.61. The molecule has 9 heavy (non-hydrogen) atoms. The van der Waals surface area contributed by atoms with Gasteiger partial charge in [0.05, 0.1) is 0 Å². The average molecular weight is 153 g/mol. The maximum Gasteiger partial charge on any atom is 0.382 e. The van der Waals surface area contributed by atoms with Gasteiger partial charge in [0.2, 0.25) is 0 Å². The van der Waals surface area contributed by atoms with E-state index in [1.807, 2.05) is 0 Å². The van der Waals surface area contributed by atoms with E-state index in [2.05, 4.69) is 0 Å². The monoisotopic (exact) mass is 153 g/mol. The minimum Gasteiger partial charge on any atom is -0.472 e. The van der Waals surface area contributed by atoms with Gasteiger partial charge < -0.3 is 10.2 Å². The molecule has 1 radical (unpaired) electrons. The van der Waals surface area contributed by atoms with Crippen molar-refractivity contribution in [3.8, 4) is 11.8 Å². The maximum atomic E-state index is 9.47. The molecule has 2 N–H and O–H groups in total. The first kappa shape index (κ1) is 11.9. The van der Waals surface area contributed by atoms with Crippen LogP contribution in [0.5, 0.6) is 0 Å². The Hall–Kier alpha value is 0.136. The van der Waals surface area contributed by atoms with E-state index in [1.54, 1.807) is 0 Å². The van der Waals surface area contributed by atoms with Crippen molar-refractivity contribution < 1.29 is 19.8 Å². The first-order valence-corrected chi connectivity index (χ1v) is 1.61. The summed E-state index contributed by atoms with van der Waals surface area (Å²) in [6.07, 6.45) is 0. The van der Waals surface area contributed by atoms with Crippen molar-refractivity contribution in [1.82, 2.24) is 0 Å². The van der Waals surface area contributed by atoms with E-state index in [9.17, 15) is 9.59 Å². The van der Waals surface area contributed by atoms with Crippen molar-refractivity contribution in [3.05, 3.63) is 0 Å². The van der Waals surface area contributed by atoms with Crippen molar-refractivity contribution in [2.75, 3.05) is 0 Å². The van der Waals surface area contributed by atoms with E-state index in [0.717, 1.165) is 0 Å². The predicted molar refractivity (Wildman–Crippen MR) is 28.8 cm³/mol. The third-order valence-electron chi connectivity index (χ3n) is 0.276. The molecule has 0 fully saturated rings. The van der Waals surface area contributed by atoms with Crippen LogP contribution in [0.2, 0.25) is 0 Å². The molecule has 0 aliphatic heterocycles. The molecule has 4 nitrogen and oxygen atoms in total. The Balaban J connectivity index is 0. The first-order chi connectivity index (χ1) is 3.63. The Morgan fingerprint density at radius 1 is 1.00 bits per heavy atom. The van der Waals surface area contributed by atoms with Crippen LogP contribution >= 0.6 is 0 Å². The molecular formula is C4H2KO4. The number of rotatable bonds is 0. The van der Waals surface area contributed by atoms with E-state index in [0.29, 0.717) is 0 Å². The van der Waals surface area contributed by atoms with Crippen molar-refractivity contribution in [3.63, 3.8) is 0 Å². The molecule has 0 rings (SSSR count). The summed E-state index contributed by atoms with van der Waals surface area (Å²) in [6.45, 7) is 0. The fourth-order valence-electron chi connectivity index (χ4n) is 0.107. The number of hydrogen-bond acceptors (Lipinski definition) is 2. The zero-order valence-corrected chi connectivity index (χ0v) is 7.83. The number of hydrogen-bond donors (Lipinski definition) is 2. The molecule has 5 heteroatoms. The molecule has 0 saturated heterocycles. The van der Waals surface area contributed by atoms with Gasteiger partial charge in [-0.2, -0.15) is 0 Å². The van der Waals surface area contributed by atoms with E-state index in [4.69, 9.17) is 10.2 Å². The van der Waals surface area contributed by atoms with Crippen LogP contribution < -0.4 is 0 Å². The van der Waals surface area contributed by atoms with Crippen molar-refractivity contribution in [2.24, 2.45) is 0 Å². The largest absolute Gasteiger partial charge is 0.472 e. The number of carboxylic acids is 2. The summed E-state index contributed by atoms with van der Waals surface area (Å²) in [5.41, 5.74) is 0. The SMILES string of the molecule is O=C(O)C#CC(=O)O.[K]. The summed E-state index contributed by atoms with van der Waals surface area (Å²) in [4.78, 5) is 18.9. The Morgan fingerprint density at radius 3 is 1.33 bits per heavy atom. The van der Waals surface area contributed by atoms with Gasteiger partial charge in [-0.3, -0.25) is 0 Å². The van der Waals surface area contributed by atoms with Crippen LogP contribution in [0.25, 0.3) is 0 Å². The van der Waals surface area contributed by atoms with Gasteiger partial charge in [0.25, 0.3) is 0 Å². The van der Waals surface area contributed by atoms with E-state index in [-0.39, 0.29) is 51.4 Å². The van der Waals surface area contributed by atoms with Crippen LogP contribution in [0.3, 0.4) is 0 Å². The summed E-state index contributed by atoms with van der Waals surface area (Å²) in [5.74, 6) is -0.0511. The second-order valence-corrected chi connectivity index (χ2v) is 0.860.